The minimum absolute atomic E-state index is 0.0195. The van der Waals surface area contributed by atoms with Crippen molar-refractivity contribution in [1.82, 2.24) is 4.90 Å². The maximum Gasteiger partial charge on any atom is 0.247 e. The number of amides is 2. The van der Waals surface area contributed by atoms with Gasteiger partial charge >= 0.3 is 0 Å². The highest BCUT2D eigenvalue weighted by molar-refractivity contribution is 7.10. The molecule has 154 valence electrons. The first-order valence-corrected chi connectivity index (χ1v) is 10.6. The highest BCUT2D eigenvalue weighted by atomic mass is 32.1. The highest BCUT2D eigenvalue weighted by Gasteiger charge is 2.34. The minimum Gasteiger partial charge on any atom is -0.457 e. The molecule has 1 unspecified atom stereocenters. The molecule has 1 atom stereocenters. The molecule has 2 aromatic carbocycles. The van der Waals surface area contributed by atoms with Crippen molar-refractivity contribution >= 4 is 28.8 Å². The fourth-order valence-corrected chi connectivity index (χ4v) is 4.20. The third-order valence-corrected chi connectivity index (χ3v) is 5.81. The predicted molar refractivity (Wildman–Crippen MR) is 114 cm³/mol. The third kappa shape index (κ3) is 4.86. The van der Waals surface area contributed by atoms with Crippen molar-refractivity contribution < 1.29 is 18.7 Å². The number of halogens is 1. The molecular formula is C23H21FN2O3S. The summed E-state index contributed by atoms with van der Waals surface area (Å²) >= 11 is 1.54. The second-order valence-electron chi connectivity index (χ2n) is 7.07. The Morgan fingerprint density at radius 2 is 1.93 bits per heavy atom. The smallest absolute Gasteiger partial charge is 0.247 e. The Labute approximate surface area is 178 Å². The number of nitrogens with one attached hydrogen (secondary N) is 1. The lowest BCUT2D eigenvalue weighted by Crippen LogP contribution is -2.43. The number of nitrogens with zero attached hydrogens (tertiary/aromatic N) is 1. The Bertz CT molecular complexity index is 1020. The molecule has 1 fully saturated rings. The summed E-state index contributed by atoms with van der Waals surface area (Å²) in [6.45, 7) is 0.600. The molecule has 1 N–H and O–H groups in total. The molecule has 30 heavy (non-hydrogen) atoms. The zero-order valence-electron chi connectivity index (χ0n) is 16.2. The number of anilines is 1. The Morgan fingerprint density at radius 1 is 1.10 bits per heavy atom. The van der Waals surface area contributed by atoms with Gasteiger partial charge in [-0.2, -0.15) is 0 Å². The molecule has 0 radical (unpaired) electrons. The van der Waals surface area contributed by atoms with Crippen LogP contribution in [0.15, 0.2) is 66.0 Å². The van der Waals surface area contributed by atoms with Crippen LogP contribution in [0.3, 0.4) is 0 Å². The van der Waals surface area contributed by atoms with Crippen LogP contribution < -0.4 is 10.1 Å². The van der Waals surface area contributed by atoms with Crippen LogP contribution in [0.2, 0.25) is 0 Å². The average Bonchev–Trinajstić information content (AvgIpc) is 3.41. The summed E-state index contributed by atoms with van der Waals surface area (Å²) < 4.78 is 18.9. The van der Waals surface area contributed by atoms with E-state index in [1.165, 1.54) is 12.1 Å². The van der Waals surface area contributed by atoms with Crippen LogP contribution in [0.25, 0.3) is 0 Å². The molecule has 1 aliphatic rings. The van der Waals surface area contributed by atoms with E-state index in [4.69, 9.17) is 4.74 Å². The summed E-state index contributed by atoms with van der Waals surface area (Å²) in [7, 11) is 0. The number of ether oxygens (including phenoxy) is 1. The number of benzene rings is 2. The number of thiophene rings is 1. The van der Waals surface area contributed by atoms with Gasteiger partial charge in [0.1, 0.15) is 23.4 Å². The number of carbonyl (C=O) groups is 2. The fraction of sp³-hybridized carbons (Fsp3) is 0.217. The SMILES string of the molecule is O=C(Nc1ccc(Oc2cccc(F)c2)cc1)C1CCCN1C(=O)Cc1cccs1. The second kappa shape index (κ2) is 9.09. The van der Waals surface area contributed by atoms with Crippen molar-refractivity contribution in [3.8, 4) is 11.5 Å². The standard InChI is InChI=1S/C23H21FN2O3S/c24-16-4-1-5-19(14-16)29-18-10-8-17(9-11-18)25-23(28)21-7-2-12-26(21)22(27)15-20-6-3-13-30-20/h1,3-6,8-11,13-14,21H,2,7,12,15H2,(H,25,28). The van der Waals surface area contributed by atoms with E-state index in [1.807, 2.05) is 17.5 Å². The van der Waals surface area contributed by atoms with Gasteiger partial charge in [-0.3, -0.25) is 9.59 Å². The van der Waals surface area contributed by atoms with E-state index in [0.717, 1.165) is 11.3 Å². The van der Waals surface area contributed by atoms with Gasteiger partial charge in [0.25, 0.3) is 0 Å². The second-order valence-corrected chi connectivity index (χ2v) is 8.11. The topological polar surface area (TPSA) is 58.6 Å². The lowest BCUT2D eigenvalue weighted by molar-refractivity contribution is -0.136. The summed E-state index contributed by atoms with van der Waals surface area (Å²) in [5.41, 5.74) is 0.615. The Kier molecular flexibility index (Phi) is 6.09. The van der Waals surface area contributed by atoms with Gasteiger partial charge in [0.15, 0.2) is 0 Å². The van der Waals surface area contributed by atoms with Gasteiger partial charge in [0.2, 0.25) is 11.8 Å². The van der Waals surface area contributed by atoms with E-state index in [2.05, 4.69) is 5.32 Å². The molecule has 2 amide bonds. The van der Waals surface area contributed by atoms with E-state index >= 15 is 0 Å². The molecule has 0 spiro atoms. The lowest BCUT2D eigenvalue weighted by Gasteiger charge is -2.24. The number of rotatable bonds is 6. The average molecular weight is 424 g/mol. The van der Waals surface area contributed by atoms with Gasteiger partial charge < -0.3 is 15.0 Å². The molecule has 5 nitrogen and oxygen atoms in total. The van der Waals surface area contributed by atoms with E-state index in [0.29, 0.717) is 36.6 Å². The summed E-state index contributed by atoms with van der Waals surface area (Å²) in [5.74, 6) is 0.357. The predicted octanol–water partition coefficient (Wildman–Crippen LogP) is 4.85. The van der Waals surface area contributed by atoms with Crippen LogP contribution in [0.4, 0.5) is 10.1 Å². The maximum absolute atomic E-state index is 13.3. The first-order chi connectivity index (χ1) is 14.6. The molecule has 1 aliphatic heterocycles. The Balaban J connectivity index is 1.36. The fourth-order valence-electron chi connectivity index (χ4n) is 3.50. The normalized spacial score (nSPS) is 15.8. The van der Waals surface area contributed by atoms with Crippen molar-refractivity contribution in [3.63, 3.8) is 0 Å². The molecule has 0 aliphatic carbocycles. The molecular weight excluding hydrogens is 403 g/mol. The Morgan fingerprint density at radius 3 is 2.67 bits per heavy atom. The van der Waals surface area contributed by atoms with Crippen LogP contribution in [0.5, 0.6) is 11.5 Å². The van der Waals surface area contributed by atoms with Crippen LogP contribution in [0.1, 0.15) is 17.7 Å². The molecule has 4 rings (SSSR count). The van der Waals surface area contributed by atoms with Crippen molar-refractivity contribution in [1.29, 1.82) is 0 Å². The van der Waals surface area contributed by atoms with Crippen molar-refractivity contribution in [2.75, 3.05) is 11.9 Å². The van der Waals surface area contributed by atoms with E-state index in [1.54, 1.807) is 52.6 Å². The summed E-state index contributed by atoms with van der Waals surface area (Å²) in [6.07, 6.45) is 1.80. The zero-order valence-corrected chi connectivity index (χ0v) is 17.0. The van der Waals surface area contributed by atoms with E-state index in [9.17, 15) is 14.0 Å². The van der Waals surface area contributed by atoms with E-state index < -0.39 is 6.04 Å². The maximum atomic E-state index is 13.3. The zero-order chi connectivity index (χ0) is 20.9. The van der Waals surface area contributed by atoms with Gasteiger partial charge in [0, 0.05) is 23.2 Å². The lowest BCUT2D eigenvalue weighted by atomic mass is 10.2. The molecule has 1 aromatic heterocycles. The van der Waals surface area contributed by atoms with Crippen molar-refractivity contribution in [2.45, 2.75) is 25.3 Å². The number of likely N-dealkylation sites (tertiary alicyclic amines) is 1. The molecule has 1 saturated heterocycles. The van der Waals surface area contributed by atoms with Crippen LogP contribution in [-0.4, -0.2) is 29.3 Å². The number of hydrogen-bond donors (Lipinski definition) is 1. The van der Waals surface area contributed by atoms with Gasteiger partial charge in [-0.25, -0.2) is 4.39 Å². The van der Waals surface area contributed by atoms with Crippen molar-refractivity contribution in [3.05, 3.63) is 76.7 Å². The van der Waals surface area contributed by atoms with Gasteiger partial charge in [-0.1, -0.05) is 12.1 Å². The van der Waals surface area contributed by atoms with E-state index in [-0.39, 0.29) is 17.6 Å². The third-order valence-electron chi connectivity index (χ3n) is 4.93. The quantitative estimate of drug-likeness (QED) is 0.615. The molecule has 0 saturated carbocycles. The van der Waals surface area contributed by atoms with Crippen LogP contribution >= 0.6 is 11.3 Å². The largest absolute Gasteiger partial charge is 0.457 e. The highest BCUT2D eigenvalue weighted by Crippen LogP contribution is 2.25. The van der Waals surface area contributed by atoms with Crippen molar-refractivity contribution in [2.24, 2.45) is 0 Å². The van der Waals surface area contributed by atoms with Gasteiger partial charge in [-0.05, 0) is 60.7 Å². The monoisotopic (exact) mass is 424 g/mol. The summed E-state index contributed by atoms with van der Waals surface area (Å²) in [4.78, 5) is 28.1. The Hall–Kier alpha value is -3.19. The minimum atomic E-state index is -0.458. The molecule has 3 aromatic rings. The first-order valence-electron chi connectivity index (χ1n) is 9.75. The first kappa shape index (κ1) is 20.1. The summed E-state index contributed by atoms with van der Waals surface area (Å²) in [5, 5.41) is 4.82. The van der Waals surface area contributed by atoms with Crippen LogP contribution in [-0.2, 0) is 16.0 Å². The van der Waals surface area contributed by atoms with Gasteiger partial charge in [-0.15, -0.1) is 11.3 Å². The number of hydrogen-bond acceptors (Lipinski definition) is 4. The number of carbonyl (C=O) groups excluding carboxylic acids is 2. The van der Waals surface area contributed by atoms with Gasteiger partial charge in [0.05, 0.1) is 6.42 Å². The summed E-state index contributed by atoms with van der Waals surface area (Å²) in [6, 6.07) is 16.1. The molecule has 0 bridgehead atoms. The van der Waals surface area contributed by atoms with Crippen LogP contribution in [0, 0.1) is 5.82 Å². The molecule has 7 heteroatoms. The molecule has 2 heterocycles.